The molecule has 0 aliphatic heterocycles. The van der Waals surface area contributed by atoms with Crippen molar-refractivity contribution in [1.82, 2.24) is 15.5 Å². The molecule has 3 rings (SSSR count). The van der Waals surface area contributed by atoms with Gasteiger partial charge in [-0.3, -0.25) is 4.79 Å². The van der Waals surface area contributed by atoms with E-state index in [1.165, 1.54) is 12.5 Å². The molecule has 7 nitrogen and oxygen atoms in total. The number of nitrogens with one attached hydrogen (secondary N) is 1. The largest absolute Gasteiger partial charge is 0.473 e. The molecule has 2 aromatic heterocycles. The molecule has 0 saturated carbocycles. The van der Waals surface area contributed by atoms with Crippen LogP contribution in [0.15, 0.2) is 53.4 Å². The standard InChI is InChI=1S/C19H18ClN3O4/c1-12(24)8-22-19(25)14-4-7-17(21-9-14)26-10-15-11-27-23-18(15)13-2-5-16(20)6-3-13/h2-7,9,11-12,24H,8,10H2,1H3,(H,22,25). The highest BCUT2D eigenvalue weighted by atomic mass is 35.5. The quantitative estimate of drug-likeness (QED) is 0.646. The summed E-state index contributed by atoms with van der Waals surface area (Å²) >= 11 is 5.91. The van der Waals surface area contributed by atoms with E-state index in [9.17, 15) is 9.90 Å². The van der Waals surface area contributed by atoms with Crippen molar-refractivity contribution in [3.63, 3.8) is 0 Å². The number of benzene rings is 1. The molecule has 140 valence electrons. The first-order chi connectivity index (χ1) is 13.0. The van der Waals surface area contributed by atoms with Gasteiger partial charge in [-0.1, -0.05) is 28.9 Å². The predicted octanol–water partition coefficient (Wildman–Crippen LogP) is 3.08. The minimum absolute atomic E-state index is 0.179. The second kappa shape index (κ2) is 8.66. The summed E-state index contributed by atoms with van der Waals surface area (Å²) in [5.41, 5.74) is 2.68. The predicted molar refractivity (Wildman–Crippen MR) is 99.5 cm³/mol. The van der Waals surface area contributed by atoms with Crippen LogP contribution in [0.3, 0.4) is 0 Å². The van der Waals surface area contributed by atoms with Gasteiger partial charge in [-0.15, -0.1) is 0 Å². The van der Waals surface area contributed by atoms with Gasteiger partial charge in [-0.2, -0.15) is 0 Å². The number of aliphatic hydroxyl groups is 1. The third-order valence-corrected chi connectivity index (χ3v) is 3.94. The van der Waals surface area contributed by atoms with Gasteiger partial charge in [-0.05, 0) is 25.1 Å². The summed E-state index contributed by atoms with van der Waals surface area (Å²) in [7, 11) is 0. The molecular weight excluding hydrogens is 370 g/mol. The molecule has 2 heterocycles. The highest BCUT2D eigenvalue weighted by Gasteiger charge is 2.12. The van der Waals surface area contributed by atoms with Gasteiger partial charge in [-0.25, -0.2) is 4.98 Å². The number of aromatic nitrogens is 2. The van der Waals surface area contributed by atoms with E-state index in [0.717, 1.165) is 11.1 Å². The highest BCUT2D eigenvalue weighted by Crippen LogP contribution is 2.24. The first kappa shape index (κ1) is 18.9. The van der Waals surface area contributed by atoms with Crippen LogP contribution in [-0.2, 0) is 6.61 Å². The van der Waals surface area contributed by atoms with Gasteiger partial charge in [0, 0.05) is 29.4 Å². The minimum atomic E-state index is -0.608. The Bertz CT molecular complexity index is 892. The first-order valence-electron chi connectivity index (χ1n) is 8.27. The maximum absolute atomic E-state index is 11.9. The van der Waals surface area contributed by atoms with Crippen LogP contribution in [0.4, 0.5) is 0 Å². The summed E-state index contributed by atoms with van der Waals surface area (Å²) in [5, 5.41) is 16.5. The highest BCUT2D eigenvalue weighted by molar-refractivity contribution is 6.30. The Kier molecular flexibility index (Phi) is 6.05. The number of ether oxygens (including phenoxy) is 1. The van der Waals surface area contributed by atoms with Crippen molar-refractivity contribution >= 4 is 17.5 Å². The summed E-state index contributed by atoms with van der Waals surface area (Å²) < 4.78 is 10.7. The van der Waals surface area contributed by atoms with Crippen LogP contribution < -0.4 is 10.1 Å². The lowest BCUT2D eigenvalue weighted by Gasteiger charge is -2.08. The zero-order valence-electron chi connectivity index (χ0n) is 14.6. The number of carbonyl (C=O) groups excluding carboxylic acids is 1. The topological polar surface area (TPSA) is 97.5 Å². The fourth-order valence-corrected chi connectivity index (χ4v) is 2.43. The van der Waals surface area contributed by atoms with Gasteiger partial charge in [0.1, 0.15) is 18.6 Å². The third-order valence-electron chi connectivity index (χ3n) is 3.69. The van der Waals surface area contributed by atoms with Gasteiger partial charge in [0.05, 0.1) is 17.2 Å². The molecule has 0 radical (unpaired) electrons. The number of carbonyl (C=O) groups is 1. The van der Waals surface area contributed by atoms with Crippen LogP contribution in [0.25, 0.3) is 11.3 Å². The fourth-order valence-electron chi connectivity index (χ4n) is 2.30. The monoisotopic (exact) mass is 387 g/mol. The van der Waals surface area contributed by atoms with E-state index in [-0.39, 0.29) is 19.1 Å². The van der Waals surface area contributed by atoms with E-state index in [1.807, 2.05) is 12.1 Å². The van der Waals surface area contributed by atoms with Crippen molar-refractivity contribution in [2.45, 2.75) is 19.6 Å². The molecule has 8 heteroatoms. The molecule has 3 aromatic rings. The number of hydrogen-bond acceptors (Lipinski definition) is 6. The van der Waals surface area contributed by atoms with Crippen molar-refractivity contribution in [2.24, 2.45) is 0 Å². The molecule has 0 saturated heterocycles. The third kappa shape index (κ3) is 5.06. The Morgan fingerprint density at radius 1 is 1.30 bits per heavy atom. The van der Waals surface area contributed by atoms with Crippen molar-refractivity contribution in [3.8, 4) is 17.1 Å². The average Bonchev–Trinajstić information content (AvgIpc) is 3.14. The molecule has 2 N–H and O–H groups in total. The van der Waals surface area contributed by atoms with E-state index >= 15 is 0 Å². The first-order valence-corrected chi connectivity index (χ1v) is 8.65. The van der Waals surface area contributed by atoms with Crippen LogP contribution in [0.2, 0.25) is 5.02 Å². The van der Waals surface area contributed by atoms with E-state index in [0.29, 0.717) is 22.2 Å². The minimum Gasteiger partial charge on any atom is -0.473 e. The molecule has 0 aliphatic rings. The zero-order chi connectivity index (χ0) is 19.2. The van der Waals surface area contributed by atoms with Gasteiger partial charge in [0.25, 0.3) is 5.91 Å². The Morgan fingerprint density at radius 3 is 2.74 bits per heavy atom. The van der Waals surface area contributed by atoms with Crippen LogP contribution in [0.5, 0.6) is 5.88 Å². The lowest BCUT2D eigenvalue weighted by molar-refractivity contribution is 0.0923. The van der Waals surface area contributed by atoms with Crippen LogP contribution in [0.1, 0.15) is 22.8 Å². The summed E-state index contributed by atoms with van der Waals surface area (Å²) in [6, 6.07) is 10.5. The van der Waals surface area contributed by atoms with E-state index < -0.39 is 6.10 Å². The van der Waals surface area contributed by atoms with Crippen molar-refractivity contribution < 1.29 is 19.2 Å². The Balaban J connectivity index is 1.62. The zero-order valence-corrected chi connectivity index (χ0v) is 15.3. The van der Waals surface area contributed by atoms with Gasteiger partial charge in [0.15, 0.2) is 0 Å². The van der Waals surface area contributed by atoms with Crippen LogP contribution in [-0.4, -0.2) is 33.8 Å². The van der Waals surface area contributed by atoms with Gasteiger partial charge >= 0.3 is 0 Å². The van der Waals surface area contributed by atoms with Gasteiger partial charge in [0.2, 0.25) is 5.88 Å². The number of nitrogens with zero attached hydrogens (tertiary/aromatic N) is 2. The van der Waals surface area contributed by atoms with E-state index in [4.69, 9.17) is 20.9 Å². The molecule has 0 fully saturated rings. The molecule has 0 bridgehead atoms. The number of halogens is 1. The van der Waals surface area contributed by atoms with Crippen molar-refractivity contribution in [1.29, 1.82) is 0 Å². The van der Waals surface area contributed by atoms with E-state index in [1.54, 1.807) is 31.2 Å². The summed E-state index contributed by atoms with van der Waals surface area (Å²) in [6.45, 7) is 1.98. The van der Waals surface area contributed by atoms with Gasteiger partial charge < -0.3 is 19.7 Å². The Hall–Kier alpha value is -2.90. The second-order valence-corrected chi connectivity index (χ2v) is 6.36. The van der Waals surface area contributed by atoms with Crippen LogP contribution >= 0.6 is 11.6 Å². The molecule has 0 spiro atoms. The second-order valence-electron chi connectivity index (χ2n) is 5.93. The maximum Gasteiger partial charge on any atom is 0.252 e. The lowest BCUT2D eigenvalue weighted by Crippen LogP contribution is -2.30. The molecule has 27 heavy (non-hydrogen) atoms. The molecule has 1 unspecified atom stereocenters. The molecule has 1 aromatic carbocycles. The Morgan fingerprint density at radius 2 is 2.07 bits per heavy atom. The molecular formula is C19H18ClN3O4. The number of rotatable bonds is 7. The normalized spacial score (nSPS) is 11.8. The fraction of sp³-hybridized carbons (Fsp3) is 0.211. The molecule has 1 atom stereocenters. The smallest absolute Gasteiger partial charge is 0.252 e. The summed E-state index contributed by atoms with van der Waals surface area (Å²) in [6.07, 6.45) is 2.32. The van der Waals surface area contributed by atoms with E-state index in [2.05, 4.69) is 15.5 Å². The maximum atomic E-state index is 11.9. The molecule has 1 amide bonds. The number of hydrogen-bond donors (Lipinski definition) is 2. The van der Waals surface area contributed by atoms with Crippen molar-refractivity contribution in [2.75, 3.05) is 6.54 Å². The number of pyridine rings is 1. The number of amides is 1. The average molecular weight is 388 g/mol. The summed E-state index contributed by atoms with van der Waals surface area (Å²) in [4.78, 5) is 16.0. The molecule has 0 aliphatic carbocycles. The van der Waals surface area contributed by atoms with Crippen LogP contribution in [0, 0.1) is 0 Å². The lowest BCUT2D eigenvalue weighted by atomic mass is 10.1. The Labute approximate surface area is 160 Å². The van der Waals surface area contributed by atoms with Crippen molar-refractivity contribution in [3.05, 3.63) is 65.0 Å². The number of aliphatic hydroxyl groups excluding tert-OH is 1. The summed E-state index contributed by atoms with van der Waals surface area (Å²) in [5.74, 6) is 0.0596. The SMILES string of the molecule is CC(O)CNC(=O)c1ccc(OCc2conc2-c2ccc(Cl)cc2)nc1.